The highest BCUT2D eigenvalue weighted by molar-refractivity contribution is 9.10. The van der Waals surface area contributed by atoms with Crippen molar-refractivity contribution < 1.29 is 9.21 Å². The van der Waals surface area contributed by atoms with Crippen LogP contribution in [0.1, 0.15) is 10.4 Å². The fourth-order valence-corrected chi connectivity index (χ4v) is 3.51. The molecule has 3 heterocycles. The Balaban J connectivity index is 1.59. The summed E-state index contributed by atoms with van der Waals surface area (Å²) in [5.74, 6) is 0.282. The van der Waals surface area contributed by atoms with E-state index in [1.807, 2.05) is 35.7 Å². The Bertz CT molecular complexity index is 1060. The van der Waals surface area contributed by atoms with Crippen molar-refractivity contribution in [2.75, 3.05) is 5.32 Å². The van der Waals surface area contributed by atoms with E-state index in [1.54, 1.807) is 6.07 Å². The maximum absolute atomic E-state index is 12.4. The Morgan fingerprint density at radius 1 is 1.28 bits per heavy atom. The second-order valence-electron chi connectivity index (χ2n) is 5.13. The molecule has 0 aliphatic rings. The van der Waals surface area contributed by atoms with E-state index in [0.29, 0.717) is 21.1 Å². The number of anilines is 1. The molecule has 0 saturated heterocycles. The summed E-state index contributed by atoms with van der Waals surface area (Å²) in [6.07, 6.45) is 1.53. The zero-order valence-corrected chi connectivity index (χ0v) is 15.7. The molecule has 4 aromatic rings. The molecular weight excluding hydrogens is 426 g/mol. The normalized spacial score (nSPS) is 11.0. The first-order valence-electron chi connectivity index (χ1n) is 7.17. The van der Waals surface area contributed by atoms with Gasteiger partial charge in [-0.3, -0.25) is 10.1 Å². The molecule has 0 saturated carbocycles. The zero-order chi connectivity index (χ0) is 17.4. The molecule has 0 bridgehead atoms. The summed E-state index contributed by atoms with van der Waals surface area (Å²) in [7, 11) is 0. The van der Waals surface area contributed by atoms with Crippen LogP contribution in [0, 0.1) is 0 Å². The number of aromatic nitrogens is 2. The average Bonchev–Trinajstić information content (AvgIpc) is 3.23. The van der Waals surface area contributed by atoms with Gasteiger partial charge in [-0.15, -0.1) is 11.3 Å². The minimum atomic E-state index is -0.371. The lowest BCUT2D eigenvalue weighted by molar-refractivity contribution is 0.102. The average molecular weight is 435 g/mol. The number of rotatable bonds is 3. The summed E-state index contributed by atoms with van der Waals surface area (Å²) in [6.45, 7) is 0. The number of pyridine rings is 1. The van der Waals surface area contributed by atoms with Crippen LogP contribution in [0.2, 0.25) is 5.15 Å². The largest absolute Gasteiger partial charge is 0.454 e. The number of halogens is 2. The Hall–Kier alpha value is -2.22. The molecule has 0 fully saturated rings. The minimum absolute atomic E-state index is 0.134. The molecule has 0 radical (unpaired) electrons. The molecule has 0 unspecified atom stereocenters. The van der Waals surface area contributed by atoms with E-state index in [2.05, 4.69) is 31.2 Å². The van der Waals surface area contributed by atoms with Gasteiger partial charge in [0, 0.05) is 21.4 Å². The second kappa shape index (κ2) is 6.59. The predicted molar refractivity (Wildman–Crippen MR) is 102 cm³/mol. The summed E-state index contributed by atoms with van der Waals surface area (Å²) >= 11 is 10.6. The molecule has 0 aliphatic heterocycles. The van der Waals surface area contributed by atoms with E-state index >= 15 is 0 Å². The molecule has 0 aliphatic carbocycles. The lowest BCUT2D eigenvalue weighted by Gasteiger charge is -2.03. The topological polar surface area (TPSA) is 68.0 Å². The van der Waals surface area contributed by atoms with Gasteiger partial charge in [-0.05, 0) is 34.1 Å². The van der Waals surface area contributed by atoms with Gasteiger partial charge in [-0.2, -0.15) is 0 Å². The fraction of sp³-hybridized carbons (Fsp3) is 0. The summed E-state index contributed by atoms with van der Waals surface area (Å²) < 4.78 is 6.46. The third kappa shape index (κ3) is 3.30. The van der Waals surface area contributed by atoms with Crippen LogP contribution < -0.4 is 5.32 Å². The molecule has 4 rings (SSSR count). The molecular formula is C17H9BrClN3O2S. The van der Waals surface area contributed by atoms with Gasteiger partial charge in [0.25, 0.3) is 5.91 Å². The molecule has 25 heavy (non-hydrogen) atoms. The van der Waals surface area contributed by atoms with Crippen LogP contribution in [0.25, 0.3) is 22.4 Å². The van der Waals surface area contributed by atoms with Crippen molar-refractivity contribution in [1.82, 2.24) is 9.97 Å². The lowest BCUT2D eigenvalue weighted by Crippen LogP contribution is -2.12. The number of para-hydroxylation sites is 1. The monoisotopic (exact) mass is 433 g/mol. The third-order valence-electron chi connectivity index (χ3n) is 3.45. The highest BCUT2D eigenvalue weighted by atomic mass is 79.9. The van der Waals surface area contributed by atoms with Crippen molar-refractivity contribution in [2.45, 2.75) is 0 Å². The van der Waals surface area contributed by atoms with E-state index in [4.69, 9.17) is 16.0 Å². The molecule has 1 amide bonds. The van der Waals surface area contributed by atoms with E-state index in [1.165, 1.54) is 17.5 Å². The van der Waals surface area contributed by atoms with Crippen molar-refractivity contribution >= 4 is 60.9 Å². The fourth-order valence-electron chi connectivity index (χ4n) is 2.30. The van der Waals surface area contributed by atoms with Gasteiger partial charge in [0.1, 0.15) is 16.4 Å². The molecule has 0 atom stereocenters. The van der Waals surface area contributed by atoms with Crippen LogP contribution in [0.15, 0.2) is 56.9 Å². The smallest absolute Gasteiger partial charge is 0.260 e. The number of carbonyl (C=O) groups is 1. The van der Waals surface area contributed by atoms with Gasteiger partial charge in [0.05, 0.1) is 5.56 Å². The number of benzene rings is 1. The van der Waals surface area contributed by atoms with Gasteiger partial charge in [-0.1, -0.05) is 29.8 Å². The molecule has 5 nitrogen and oxygen atoms in total. The molecule has 1 aromatic carbocycles. The van der Waals surface area contributed by atoms with Crippen molar-refractivity contribution in [1.29, 1.82) is 0 Å². The van der Waals surface area contributed by atoms with E-state index in [0.717, 1.165) is 11.0 Å². The van der Waals surface area contributed by atoms with Gasteiger partial charge in [0.15, 0.2) is 10.9 Å². The van der Waals surface area contributed by atoms with Crippen LogP contribution in [-0.4, -0.2) is 15.9 Å². The number of thiazole rings is 1. The summed E-state index contributed by atoms with van der Waals surface area (Å²) in [5, 5.41) is 6.15. The van der Waals surface area contributed by atoms with Gasteiger partial charge in [-0.25, -0.2) is 9.97 Å². The van der Waals surface area contributed by atoms with Crippen LogP contribution in [-0.2, 0) is 0 Å². The number of furan rings is 1. The number of carbonyl (C=O) groups excluding carboxylic acids is 1. The predicted octanol–water partition coefficient (Wildman–Crippen LogP) is 5.62. The zero-order valence-electron chi connectivity index (χ0n) is 12.5. The first-order chi connectivity index (χ1) is 12.1. The summed E-state index contributed by atoms with van der Waals surface area (Å²) in [4.78, 5) is 20.7. The maximum atomic E-state index is 12.4. The standard InChI is InChI=1S/C17H9BrClN3O2S/c18-10-6-11(15(19)20-7-10)16(23)22-17-21-12(8-25-17)14-5-9-3-1-2-4-13(9)24-14/h1-8H,(H,21,22,23). The molecule has 0 spiro atoms. The maximum Gasteiger partial charge on any atom is 0.260 e. The van der Waals surface area contributed by atoms with Crippen LogP contribution in [0.4, 0.5) is 5.13 Å². The van der Waals surface area contributed by atoms with E-state index in [-0.39, 0.29) is 16.6 Å². The molecule has 124 valence electrons. The number of fused-ring (bicyclic) bond motifs is 1. The molecule has 1 N–H and O–H groups in total. The SMILES string of the molecule is O=C(Nc1nc(-c2cc3ccccc3o2)cs1)c1cc(Br)cnc1Cl. The van der Waals surface area contributed by atoms with Crippen LogP contribution in [0.5, 0.6) is 0 Å². The number of hydrogen-bond donors (Lipinski definition) is 1. The summed E-state index contributed by atoms with van der Waals surface area (Å²) in [5.41, 5.74) is 1.73. The quantitative estimate of drug-likeness (QED) is 0.425. The van der Waals surface area contributed by atoms with E-state index < -0.39 is 0 Å². The van der Waals surface area contributed by atoms with Crippen molar-refractivity contribution in [3.05, 3.63) is 63.2 Å². The van der Waals surface area contributed by atoms with Gasteiger partial charge < -0.3 is 4.42 Å². The lowest BCUT2D eigenvalue weighted by atomic mass is 10.2. The second-order valence-corrected chi connectivity index (χ2v) is 7.26. The van der Waals surface area contributed by atoms with Crippen LogP contribution >= 0.6 is 38.9 Å². The molecule has 3 aromatic heterocycles. The number of nitrogens with one attached hydrogen (secondary N) is 1. The van der Waals surface area contributed by atoms with Gasteiger partial charge in [0.2, 0.25) is 0 Å². The Kier molecular flexibility index (Phi) is 4.29. The highest BCUT2D eigenvalue weighted by Gasteiger charge is 2.15. The van der Waals surface area contributed by atoms with Crippen LogP contribution in [0.3, 0.4) is 0 Å². The van der Waals surface area contributed by atoms with Gasteiger partial charge >= 0.3 is 0 Å². The minimum Gasteiger partial charge on any atom is -0.454 e. The number of nitrogens with zero attached hydrogens (tertiary/aromatic N) is 2. The number of hydrogen-bond acceptors (Lipinski definition) is 5. The first kappa shape index (κ1) is 16.3. The third-order valence-corrected chi connectivity index (χ3v) is 4.95. The van der Waals surface area contributed by atoms with E-state index in [9.17, 15) is 4.79 Å². The van der Waals surface area contributed by atoms with Crippen molar-refractivity contribution in [3.8, 4) is 11.5 Å². The Morgan fingerprint density at radius 2 is 2.12 bits per heavy atom. The Morgan fingerprint density at radius 3 is 2.96 bits per heavy atom. The first-order valence-corrected chi connectivity index (χ1v) is 9.22. The van der Waals surface area contributed by atoms with Crippen molar-refractivity contribution in [2.24, 2.45) is 0 Å². The number of amides is 1. The molecule has 8 heteroatoms. The Labute approximate surface area is 159 Å². The van der Waals surface area contributed by atoms with Crippen molar-refractivity contribution in [3.63, 3.8) is 0 Å². The summed E-state index contributed by atoms with van der Waals surface area (Å²) in [6, 6.07) is 11.3. The highest BCUT2D eigenvalue weighted by Crippen LogP contribution is 2.30.